The first kappa shape index (κ1) is 10.1. The Labute approximate surface area is 78.2 Å². The molecule has 0 aliphatic heterocycles. The maximum absolute atomic E-state index is 13.3. The Balaban J connectivity index is 3.06. The van der Waals surface area contributed by atoms with E-state index in [1.54, 1.807) is 6.20 Å². The van der Waals surface area contributed by atoms with Crippen LogP contribution in [0, 0.1) is 5.95 Å². The maximum atomic E-state index is 13.3. The summed E-state index contributed by atoms with van der Waals surface area (Å²) in [4.78, 5) is 7.93. The fraction of sp³-hybridized carbons (Fsp3) is 0.600. The Hall–Kier alpha value is -0.990. The molecule has 13 heavy (non-hydrogen) atoms. The van der Waals surface area contributed by atoms with Crippen molar-refractivity contribution >= 4 is 0 Å². The zero-order valence-electron chi connectivity index (χ0n) is 8.50. The van der Waals surface area contributed by atoms with Gasteiger partial charge in [0.1, 0.15) is 5.82 Å². The van der Waals surface area contributed by atoms with Crippen molar-refractivity contribution in [1.82, 2.24) is 9.97 Å². The average molecular weight is 182 g/mol. The highest BCUT2D eigenvalue weighted by Crippen LogP contribution is 2.17. The molecule has 0 unspecified atom stereocenters. The molecule has 1 aromatic rings. The molecule has 0 aromatic carbocycles. The molecule has 1 rings (SSSR count). The Bertz CT molecular complexity index is 295. The molecule has 1 aromatic heterocycles. The lowest BCUT2D eigenvalue weighted by Gasteiger charge is -2.08. The van der Waals surface area contributed by atoms with Crippen LogP contribution in [-0.4, -0.2) is 9.97 Å². The van der Waals surface area contributed by atoms with E-state index in [1.807, 2.05) is 27.7 Å². The van der Waals surface area contributed by atoms with Gasteiger partial charge in [0.15, 0.2) is 0 Å². The summed E-state index contributed by atoms with van der Waals surface area (Å²) in [6.45, 7) is 7.75. The molecule has 2 nitrogen and oxygen atoms in total. The van der Waals surface area contributed by atoms with Gasteiger partial charge in [-0.3, -0.25) is 0 Å². The third-order valence-corrected chi connectivity index (χ3v) is 1.93. The average Bonchev–Trinajstić information content (AvgIpc) is 2.03. The molecule has 0 aliphatic rings. The smallest absolute Gasteiger partial charge is 0.219 e. The molecule has 3 heteroatoms. The summed E-state index contributed by atoms with van der Waals surface area (Å²) in [7, 11) is 0. The topological polar surface area (TPSA) is 25.8 Å². The summed E-state index contributed by atoms with van der Waals surface area (Å²) >= 11 is 0. The summed E-state index contributed by atoms with van der Waals surface area (Å²) in [6.07, 6.45) is 1.59. The first-order valence-corrected chi connectivity index (χ1v) is 4.54. The number of halogens is 1. The molecule has 0 N–H and O–H groups in total. The highest BCUT2D eigenvalue weighted by molar-refractivity contribution is 5.12. The van der Waals surface area contributed by atoms with E-state index in [0.717, 1.165) is 0 Å². The summed E-state index contributed by atoms with van der Waals surface area (Å²) in [5, 5.41) is 0. The van der Waals surface area contributed by atoms with Crippen molar-refractivity contribution < 1.29 is 4.39 Å². The van der Waals surface area contributed by atoms with E-state index < -0.39 is 0 Å². The van der Waals surface area contributed by atoms with Crippen LogP contribution in [0.4, 0.5) is 4.39 Å². The monoisotopic (exact) mass is 182 g/mol. The zero-order valence-corrected chi connectivity index (χ0v) is 8.50. The molecular formula is C10H15FN2. The minimum Gasteiger partial charge on any atom is -0.241 e. The Morgan fingerprint density at radius 3 is 2.15 bits per heavy atom. The summed E-state index contributed by atoms with van der Waals surface area (Å²) in [6, 6.07) is 0. The quantitative estimate of drug-likeness (QED) is 0.657. The van der Waals surface area contributed by atoms with Crippen LogP contribution in [0.15, 0.2) is 6.20 Å². The molecule has 0 spiro atoms. The number of hydrogen-bond acceptors (Lipinski definition) is 2. The van der Waals surface area contributed by atoms with Gasteiger partial charge in [-0.2, -0.15) is 4.39 Å². The van der Waals surface area contributed by atoms with Gasteiger partial charge in [-0.05, 0) is 5.92 Å². The third kappa shape index (κ3) is 2.23. The molecule has 0 aliphatic carbocycles. The van der Waals surface area contributed by atoms with Crippen LogP contribution < -0.4 is 0 Å². The van der Waals surface area contributed by atoms with E-state index in [9.17, 15) is 4.39 Å². The Kier molecular flexibility index (Phi) is 2.96. The first-order valence-electron chi connectivity index (χ1n) is 4.54. The number of aromatic nitrogens is 2. The second kappa shape index (κ2) is 3.81. The van der Waals surface area contributed by atoms with Crippen LogP contribution in [0.1, 0.15) is 50.9 Å². The van der Waals surface area contributed by atoms with Crippen molar-refractivity contribution in [2.45, 2.75) is 39.5 Å². The molecule has 0 amide bonds. The highest BCUT2D eigenvalue weighted by atomic mass is 19.1. The normalized spacial score (nSPS) is 11.3. The molecule has 0 saturated carbocycles. The zero-order chi connectivity index (χ0) is 10.0. The summed E-state index contributed by atoms with van der Waals surface area (Å²) in [5.41, 5.74) is 0.587. The van der Waals surface area contributed by atoms with Crippen LogP contribution in [0.3, 0.4) is 0 Å². The molecule has 72 valence electrons. The molecule has 0 atom stereocenters. The summed E-state index contributed by atoms with van der Waals surface area (Å²) < 4.78 is 13.3. The van der Waals surface area contributed by atoms with E-state index in [1.165, 1.54) is 0 Å². The van der Waals surface area contributed by atoms with Crippen LogP contribution in [0.5, 0.6) is 0 Å². The molecular weight excluding hydrogens is 167 g/mol. The lowest BCUT2D eigenvalue weighted by atomic mass is 10.1. The minimum absolute atomic E-state index is 0.140. The Morgan fingerprint density at radius 1 is 1.15 bits per heavy atom. The van der Waals surface area contributed by atoms with Gasteiger partial charge in [-0.1, -0.05) is 27.7 Å². The Morgan fingerprint density at radius 2 is 1.77 bits per heavy atom. The van der Waals surface area contributed by atoms with Gasteiger partial charge in [-0.25, -0.2) is 9.97 Å². The standard InChI is InChI=1S/C10H15FN2/c1-6(2)8-5-12-10(7(3)4)13-9(8)11/h5-7H,1-4H3. The SMILES string of the molecule is CC(C)c1ncc(C(C)C)c(F)n1. The van der Waals surface area contributed by atoms with Crippen LogP contribution in [0.2, 0.25) is 0 Å². The van der Waals surface area contributed by atoms with Gasteiger partial charge >= 0.3 is 0 Å². The van der Waals surface area contributed by atoms with E-state index >= 15 is 0 Å². The van der Waals surface area contributed by atoms with Gasteiger partial charge in [0.2, 0.25) is 5.95 Å². The molecule has 1 heterocycles. The van der Waals surface area contributed by atoms with Crippen molar-refractivity contribution in [1.29, 1.82) is 0 Å². The first-order chi connectivity index (χ1) is 6.02. The van der Waals surface area contributed by atoms with E-state index in [4.69, 9.17) is 0 Å². The minimum atomic E-state index is -0.381. The van der Waals surface area contributed by atoms with Gasteiger partial charge < -0.3 is 0 Å². The van der Waals surface area contributed by atoms with Gasteiger partial charge in [0.05, 0.1) is 0 Å². The second-order valence-corrected chi connectivity index (χ2v) is 3.78. The number of rotatable bonds is 2. The summed E-state index contributed by atoms with van der Waals surface area (Å²) in [5.74, 6) is 0.507. The highest BCUT2D eigenvalue weighted by Gasteiger charge is 2.11. The van der Waals surface area contributed by atoms with Crippen LogP contribution >= 0.6 is 0 Å². The molecule has 0 saturated heterocycles. The largest absolute Gasteiger partial charge is 0.241 e. The number of nitrogens with zero attached hydrogens (tertiary/aromatic N) is 2. The van der Waals surface area contributed by atoms with E-state index in [2.05, 4.69) is 9.97 Å². The predicted molar refractivity (Wildman–Crippen MR) is 50.2 cm³/mol. The van der Waals surface area contributed by atoms with Gasteiger partial charge in [0.25, 0.3) is 0 Å². The van der Waals surface area contributed by atoms with Crippen molar-refractivity contribution in [3.05, 3.63) is 23.5 Å². The fourth-order valence-corrected chi connectivity index (χ4v) is 1.05. The van der Waals surface area contributed by atoms with Crippen molar-refractivity contribution in [3.63, 3.8) is 0 Å². The second-order valence-electron chi connectivity index (χ2n) is 3.78. The van der Waals surface area contributed by atoms with Crippen molar-refractivity contribution in [2.24, 2.45) is 0 Å². The van der Waals surface area contributed by atoms with Gasteiger partial charge in [-0.15, -0.1) is 0 Å². The molecule has 0 bridgehead atoms. The lowest BCUT2D eigenvalue weighted by Crippen LogP contribution is -2.04. The van der Waals surface area contributed by atoms with E-state index in [0.29, 0.717) is 11.4 Å². The fourth-order valence-electron chi connectivity index (χ4n) is 1.05. The lowest BCUT2D eigenvalue weighted by molar-refractivity contribution is 0.536. The molecule has 0 radical (unpaired) electrons. The molecule has 0 fully saturated rings. The van der Waals surface area contributed by atoms with Crippen molar-refractivity contribution in [2.75, 3.05) is 0 Å². The van der Waals surface area contributed by atoms with Crippen LogP contribution in [0.25, 0.3) is 0 Å². The number of hydrogen-bond donors (Lipinski definition) is 0. The van der Waals surface area contributed by atoms with Crippen molar-refractivity contribution in [3.8, 4) is 0 Å². The van der Waals surface area contributed by atoms with Crippen LogP contribution in [-0.2, 0) is 0 Å². The predicted octanol–water partition coefficient (Wildman–Crippen LogP) is 2.86. The maximum Gasteiger partial charge on any atom is 0.219 e. The van der Waals surface area contributed by atoms with E-state index in [-0.39, 0.29) is 17.8 Å². The third-order valence-electron chi connectivity index (χ3n) is 1.93. The van der Waals surface area contributed by atoms with Gasteiger partial charge in [0, 0.05) is 17.7 Å².